The maximum atomic E-state index is 13.9. The van der Waals surface area contributed by atoms with E-state index in [4.69, 9.17) is 0 Å². The van der Waals surface area contributed by atoms with E-state index in [0.29, 0.717) is 22.5 Å². The van der Waals surface area contributed by atoms with Gasteiger partial charge >= 0.3 is 0 Å². The maximum Gasteiger partial charge on any atom is 0.191 e. The van der Waals surface area contributed by atoms with Crippen LogP contribution in [0, 0.1) is 11.6 Å². The molecule has 0 N–H and O–H groups in total. The molecule has 4 aromatic rings. The summed E-state index contributed by atoms with van der Waals surface area (Å²) in [4.78, 5) is 4.31. The number of hydrogen-bond donors (Lipinski definition) is 0. The molecule has 0 spiro atoms. The van der Waals surface area contributed by atoms with E-state index in [1.807, 2.05) is 11.6 Å². The van der Waals surface area contributed by atoms with Gasteiger partial charge in [0.05, 0.1) is 5.52 Å². The normalized spacial score (nSPS) is 11.2. The van der Waals surface area contributed by atoms with Gasteiger partial charge in [0.15, 0.2) is 11.0 Å². The van der Waals surface area contributed by atoms with Crippen molar-refractivity contribution in [2.24, 2.45) is 7.05 Å². The smallest absolute Gasteiger partial charge is 0.191 e. The van der Waals surface area contributed by atoms with E-state index in [-0.39, 0.29) is 11.6 Å². The van der Waals surface area contributed by atoms with Gasteiger partial charge in [-0.2, -0.15) is 0 Å². The number of thioether (sulfide) groups is 1. The Morgan fingerprint density at radius 2 is 1.81 bits per heavy atom. The lowest BCUT2D eigenvalue weighted by molar-refractivity contribution is 0.628. The minimum Gasteiger partial charge on any atom is -0.305 e. The van der Waals surface area contributed by atoms with Gasteiger partial charge in [-0.3, -0.25) is 4.98 Å². The van der Waals surface area contributed by atoms with Crippen LogP contribution in [0.2, 0.25) is 0 Å². The van der Waals surface area contributed by atoms with Gasteiger partial charge in [-0.1, -0.05) is 17.8 Å². The molecule has 2 aromatic heterocycles. The highest BCUT2D eigenvalue weighted by Gasteiger charge is 2.13. The molecule has 0 aliphatic carbocycles. The lowest BCUT2D eigenvalue weighted by Crippen LogP contribution is -1.96. The van der Waals surface area contributed by atoms with E-state index < -0.39 is 0 Å². The second-order valence-electron chi connectivity index (χ2n) is 5.77. The third-order valence-corrected chi connectivity index (χ3v) is 5.16. The molecule has 0 saturated heterocycles. The fraction of sp³-hybridized carbons (Fsp3) is 0.105. The first-order valence-corrected chi connectivity index (χ1v) is 8.92. The van der Waals surface area contributed by atoms with Crippen LogP contribution >= 0.6 is 11.8 Å². The summed E-state index contributed by atoms with van der Waals surface area (Å²) in [6.07, 6.45) is 1.66. The van der Waals surface area contributed by atoms with Gasteiger partial charge in [0.1, 0.15) is 11.6 Å². The summed E-state index contributed by atoms with van der Waals surface area (Å²) in [5.74, 6) is 0.679. The van der Waals surface area contributed by atoms with Crippen molar-refractivity contribution in [2.45, 2.75) is 10.9 Å². The molecule has 0 aliphatic rings. The minimum atomic E-state index is -0.291. The zero-order chi connectivity index (χ0) is 18.1. The zero-order valence-corrected chi connectivity index (χ0v) is 14.7. The molecule has 2 aromatic carbocycles. The molecule has 0 amide bonds. The van der Waals surface area contributed by atoms with Crippen LogP contribution in [-0.4, -0.2) is 19.7 Å². The molecule has 4 rings (SSSR count). The molecule has 0 radical (unpaired) electrons. The molecule has 26 heavy (non-hydrogen) atoms. The summed E-state index contributed by atoms with van der Waals surface area (Å²) >= 11 is 1.49. The quantitative estimate of drug-likeness (QED) is 0.494. The first kappa shape index (κ1) is 16.7. The van der Waals surface area contributed by atoms with Crippen molar-refractivity contribution in [3.05, 3.63) is 71.9 Å². The Bertz CT molecular complexity index is 1080. The molecule has 0 unspecified atom stereocenters. The molecule has 2 heterocycles. The van der Waals surface area contributed by atoms with Crippen molar-refractivity contribution in [1.29, 1.82) is 0 Å². The second-order valence-corrected chi connectivity index (χ2v) is 6.71. The van der Waals surface area contributed by atoms with Gasteiger partial charge in [0.25, 0.3) is 0 Å². The van der Waals surface area contributed by atoms with E-state index in [0.717, 1.165) is 16.3 Å². The molecule has 7 heteroatoms. The van der Waals surface area contributed by atoms with Crippen LogP contribution in [0.1, 0.15) is 5.56 Å². The van der Waals surface area contributed by atoms with Crippen molar-refractivity contribution in [1.82, 2.24) is 19.7 Å². The fourth-order valence-corrected chi connectivity index (χ4v) is 3.64. The molecule has 0 atom stereocenters. The van der Waals surface area contributed by atoms with E-state index in [9.17, 15) is 8.78 Å². The standard InChI is InChI=1S/C19H14F2N4S/c1-25-18(12-4-7-14(20)8-5-12)23-24-19(25)26-11-13-6-9-16(21)15-3-2-10-22-17(13)15/h2-10H,11H2,1H3. The average molecular weight is 368 g/mol. The van der Waals surface area contributed by atoms with E-state index in [2.05, 4.69) is 15.2 Å². The Morgan fingerprint density at radius 1 is 1.00 bits per heavy atom. The molecular weight excluding hydrogens is 354 g/mol. The minimum absolute atomic E-state index is 0.279. The molecule has 4 nitrogen and oxygen atoms in total. The van der Waals surface area contributed by atoms with Crippen molar-refractivity contribution in [3.8, 4) is 11.4 Å². The van der Waals surface area contributed by atoms with Crippen LogP contribution in [-0.2, 0) is 12.8 Å². The lowest BCUT2D eigenvalue weighted by Gasteiger charge is -2.07. The molecule has 0 aliphatic heterocycles. The number of fused-ring (bicyclic) bond motifs is 1. The first-order valence-electron chi connectivity index (χ1n) is 7.94. The Morgan fingerprint density at radius 3 is 2.62 bits per heavy atom. The number of benzene rings is 2. The summed E-state index contributed by atoms with van der Waals surface area (Å²) in [6.45, 7) is 0. The number of pyridine rings is 1. The van der Waals surface area contributed by atoms with E-state index >= 15 is 0 Å². The highest BCUT2D eigenvalue weighted by atomic mass is 32.2. The first-order chi connectivity index (χ1) is 12.6. The topological polar surface area (TPSA) is 43.6 Å². The molecule has 0 fully saturated rings. The van der Waals surface area contributed by atoms with E-state index in [1.165, 1.54) is 30.0 Å². The Hall–Kier alpha value is -2.80. The molecular formula is C19H14F2N4S. The number of rotatable bonds is 4. The van der Waals surface area contributed by atoms with Crippen molar-refractivity contribution >= 4 is 22.7 Å². The maximum absolute atomic E-state index is 13.9. The van der Waals surface area contributed by atoms with Gasteiger partial charge in [-0.05, 0) is 48.0 Å². The Kier molecular flexibility index (Phi) is 4.38. The van der Waals surface area contributed by atoms with Crippen molar-refractivity contribution < 1.29 is 8.78 Å². The summed E-state index contributed by atoms with van der Waals surface area (Å²) in [7, 11) is 1.86. The van der Waals surface area contributed by atoms with Gasteiger partial charge in [-0.15, -0.1) is 10.2 Å². The van der Waals surface area contributed by atoms with Crippen LogP contribution in [0.3, 0.4) is 0 Å². The third kappa shape index (κ3) is 3.06. The summed E-state index contributed by atoms with van der Waals surface area (Å²) in [6, 6.07) is 12.8. The Labute approximate surface area is 152 Å². The summed E-state index contributed by atoms with van der Waals surface area (Å²) in [5.41, 5.74) is 2.38. The van der Waals surface area contributed by atoms with Gasteiger partial charge in [0, 0.05) is 29.9 Å². The highest BCUT2D eigenvalue weighted by molar-refractivity contribution is 7.98. The van der Waals surface area contributed by atoms with Crippen LogP contribution in [0.5, 0.6) is 0 Å². The van der Waals surface area contributed by atoms with Gasteiger partial charge in [0.2, 0.25) is 0 Å². The predicted octanol–water partition coefficient (Wildman–Crippen LogP) is 4.60. The SMILES string of the molecule is Cn1c(SCc2ccc(F)c3cccnc23)nnc1-c1ccc(F)cc1. The molecule has 0 bridgehead atoms. The van der Waals surface area contributed by atoms with Crippen LogP contribution < -0.4 is 0 Å². The van der Waals surface area contributed by atoms with E-state index in [1.54, 1.807) is 36.5 Å². The number of nitrogens with zero attached hydrogens (tertiary/aromatic N) is 4. The molecule has 130 valence electrons. The predicted molar refractivity (Wildman–Crippen MR) is 97.7 cm³/mol. The monoisotopic (exact) mass is 368 g/mol. The van der Waals surface area contributed by atoms with Gasteiger partial charge in [-0.25, -0.2) is 8.78 Å². The second kappa shape index (κ2) is 6.84. The summed E-state index contributed by atoms with van der Waals surface area (Å²) < 4.78 is 28.9. The third-order valence-electron chi connectivity index (χ3n) is 4.09. The number of aromatic nitrogens is 4. The van der Waals surface area contributed by atoms with Gasteiger partial charge < -0.3 is 4.57 Å². The molecule has 0 saturated carbocycles. The number of halogens is 2. The van der Waals surface area contributed by atoms with Crippen LogP contribution in [0.25, 0.3) is 22.3 Å². The van der Waals surface area contributed by atoms with Crippen molar-refractivity contribution in [3.63, 3.8) is 0 Å². The average Bonchev–Trinajstić information content (AvgIpc) is 3.03. The fourth-order valence-electron chi connectivity index (χ4n) is 2.75. The van der Waals surface area contributed by atoms with Crippen LogP contribution in [0.4, 0.5) is 8.78 Å². The zero-order valence-electron chi connectivity index (χ0n) is 13.9. The summed E-state index contributed by atoms with van der Waals surface area (Å²) in [5, 5.41) is 9.64. The van der Waals surface area contributed by atoms with Crippen molar-refractivity contribution in [2.75, 3.05) is 0 Å². The highest BCUT2D eigenvalue weighted by Crippen LogP contribution is 2.28. The number of hydrogen-bond acceptors (Lipinski definition) is 4. The Balaban J connectivity index is 1.60. The largest absolute Gasteiger partial charge is 0.305 e. The van der Waals surface area contributed by atoms with Crippen LogP contribution in [0.15, 0.2) is 59.9 Å². The lowest BCUT2D eigenvalue weighted by atomic mass is 10.1.